The molecule has 1 aliphatic rings. The topological polar surface area (TPSA) is 50.8 Å². The standard InChI is InChI=1S/C14H28N2O3/c1-5-12-11-19-10-9-16(12)8-6-7-14(2,15-3)13(17)18-4/h12,15H,5-11H2,1-4H3. The summed E-state index contributed by atoms with van der Waals surface area (Å²) in [6.07, 6.45) is 2.87. The minimum absolute atomic E-state index is 0.191. The van der Waals surface area contributed by atoms with Crippen molar-refractivity contribution in [2.75, 3.05) is 40.5 Å². The predicted octanol–water partition coefficient (Wildman–Crippen LogP) is 1.03. The molecule has 19 heavy (non-hydrogen) atoms. The molecular formula is C14H28N2O3. The van der Waals surface area contributed by atoms with Crippen molar-refractivity contribution in [3.05, 3.63) is 0 Å². The van der Waals surface area contributed by atoms with Crippen LogP contribution in [-0.2, 0) is 14.3 Å². The molecule has 0 saturated carbocycles. The van der Waals surface area contributed by atoms with Crippen LogP contribution in [0.4, 0.5) is 0 Å². The highest BCUT2D eigenvalue weighted by molar-refractivity contribution is 5.80. The van der Waals surface area contributed by atoms with Gasteiger partial charge in [0.1, 0.15) is 5.54 Å². The zero-order valence-corrected chi connectivity index (χ0v) is 12.7. The van der Waals surface area contributed by atoms with E-state index in [0.29, 0.717) is 6.04 Å². The summed E-state index contributed by atoms with van der Waals surface area (Å²) in [7, 11) is 3.24. The summed E-state index contributed by atoms with van der Waals surface area (Å²) in [6, 6.07) is 0.521. The van der Waals surface area contributed by atoms with E-state index in [9.17, 15) is 4.79 Å². The highest BCUT2D eigenvalue weighted by atomic mass is 16.5. The molecule has 112 valence electrons. The zero-order valence-electron chi connectivity index (χ0n) is 12.7. The average molecular weight is 272 g/mol. The van der Waals surface area contributed by atoms with Gasteiger partial charge < -0.3 is 14.8 Å². The Bertz CT molecular complexity index is 286. The number of methoxy groups -OCH3 is 1. The fourth-order valence-corrected chi connectivity index (χ4v) is 2.55. The highest BCUT2D eigenvalue weighted by Crippen LogP contribution is 2.17. The Morgan fingerprint density at radius 1 is 1.58 bits per heavy atom. The van der Waals surface area contributed by atoms with Gasteiger partial charge >= 0.3 is 5.97 Å². The number of carbonyl (C=O) groups is 1. The second-order valence-electron chi connectivity index (χ2n) is 5.35. The third-order valence-corrected chi connectivity index (χ3v) is 4.13. The maximum absolute atomic E-state index is 11.7. The number of rotatable bonds is 7. The molecule has 1 N–H and O–H groups in total. The summed E-state index contributed by atoms with van der Waals surface area (Å²) in [5.74, 6) is -0.191. The van der Waals surface area contributed by atoms with E-state index >= 15 is 0 Å². The van der Waals surface area contributed by atoms with Crippen LogP contribution in [0.15, 0.2) is 0 Å². The molecule has 0 radical (unpaired) electrons. The van der Waals surface area contributed by atoms with Gasteiger partial charge in [-0.3, -0.25) is 9.69 Å². The number of carbonyl (C=O) groups excluding carboxylic acids is 1. The highest BCUT2D eigenvalue weighted by Gasteiger charge is 2.32. The van der Waals surface area contributed by atoms with Crippen molar-refractivity contribution in [1.29, 1.82) is 0 Å². The maximum atomic E-state index is 11.7. The molecule has 2 unspecified atom stereocenters. The number of morpholine rings is 1. The van der Waals surface area contributed by atoms with Gasteiger partial charge in [-0.25, -0.2) is 0 Å². The lowest BCUT2D eigenvalue weighted by Crippen LogP contribution is -2.49. The van der Waals surface area contributed by atoms with Crippen LogP contribution in [0.5, 0.6) is 0 Å². The van der Waals surface area contributed by atoms with Crippen molar-refractivity contribution in [2.45, 2.75) is 44.7 Å². The van der Waals surface area contributed by atoms with Gasteiger partial charge in [0.25, 0.3) is 0 Å². The lowest BCUT2D eigenvalue weighted by atomic mass is 9.95. The van der Waals surface area contributed by atoms with Gasteiger partial charge in [-0.2, -0.15) is 0 Å². The molecule has 1 aliphatic heterocycles. The van der Waals surface area contributed by atoms with E-state index in [-0.39, 0.29) is 5.97 Å². The predicted molar refractivity (Wildman–Crippen MR) is 75.2 cm³/mol. The van der Waals surface area contributed by atoms with Crippen LogP contribution in [0.3, 0.4) is 0 Å². The van der Waals surface area contributed by atoms with Crippen molar-refractivity contribution in [3.63, 3.8) is 0 Å². The molecule has 2 atom stereocenters. The summed E-state index contributed by atoms with van der Waals surface area (Å²) < 4.78 is 10.4. The van der Waals surface area contributed by atoms with Gasteiger partial charge in [0.2, 0.25) is 0 Å². The Morgan fingerprint density at radius 2 is 2.32 bits per heavy atom. The number of esters is 1. The van der Waals surface area contributed by atoms with Crippen molar-refractivity contribution in [1.82, 2.24) is 10.2 Å². The van der Waals surface area contributed by atoms with Crippen LogP contribution in [-0.4, -0.2) is 62.9 Å². The quantitative estimate of drug-likeness (QED) is 0.702. The molecule has 1 saturated heterocycles. The molecule has 0 spiro atoms. The smallest absolute Gasteiger partial charge is 0.325 e. The summed E-state index contributed by atoms with van der Waals surface area (Å²) >= 11 is 0. The van der Waals surface area contributed by atoms with Crippen molar-refractivity contribution in [3.8, 4) is 0 Å². The van der Waals surface area contributed by atoms with Crippen LogP contribution in [0, 0.1) is 0 Å². The Balaban J connectivity index is 2.41. The minimum atomic E-state index is -0.581. The minimum Gasteiger partial charge on any atom is -0.468 e. The van der Waals surface area contributed by atoms with Gasteiger partial charge in [0.05, 0.1) is 20.3 Å². The number of ether oxygens (including phenoxy) is 2. The summed E-state index contributed by atoms with van der Waals surface area (Å²) in [5, 5.41) is 3.07. The van der Waals surface area contributed by atoms with E-state index in [1.165, 1.54) is 7.11 Å². The first-order chi connectivity index (χ1) is 9.07. The molecule has 5 nitrogen and oxygen atoms in total. The number of nitrogens with one attached hydrogen (secondary N) is 1. The monoisotopic (exact) mass is 272 g/mol. The third-order valence-electron chi connectivity index (χ3n) is 4.13. The van der Waals surface area contributed by atoms with Gasteiger partial charge in [-0.15, -0.1) is 0 Å². The Labute approximate surface area is 116 Å². The summed E-state index contributed by atoms with van der Waals surface area (Å²) in [4.78, 5) is 14.2. The maximum Gasteiger partial charge on any atom is 0.325 e. The van der Waals surface area contributed by atoms with E-state index in [0.717, 1.165) is 45.6 Å². The number of nitrogens with zero attached hydrogens (tertiary/aromatic N) is 1. The molecule has 0 aliphatic carbocycles. The first-order valence-electron chi connectivity index (χ1n) is 7.16. The second kappa shape index (κ2) is 7.82. The third kappa shape index (κ3) is 4.44. The van der Waals surface area contributed by atoms with Gasteiger partial charge in [-0.05, 0) is 39.8 Å². The number of likely N-dealkylation sites (N-methyl/N-ethyl adjacent to an activating group) is 1. The van der Waals surface area contributed by atoms with E-state index < -0.39 is 5.54 Å². The molecule has 0 aromatic rings. The first kappa shape index (κ1) is 16.4. The lowest BCUT2D eigenvalue weighted by molar-refractivity contribution is -0.148. The van der Waals surface area contributed by atoms with Crippen molar-refractivity contribution < 1.29 is 14.3 Å². The molecule has 1 rings (SSSR count). The van der Waals surface area contributed by atoms with Gasteiger partial charge in [-0.1, -0.05) is 6.92 Å². The molecule has 1 heterocycles. The van der Waals surface area contributed by atoms with Crippen LogP contribution >= 0.6 is 0 Å². The number of hydrogen-bond donors (Lipinski definition) is 1. The Morgan fingerprint density at radius 3 is 2.89 bits per heavy atom. The van der Waals surface area contributed by atoms with Gasteiger partial charge in [0.15, 0.2) is 0 Å². The molecule has 1 fully saturated rings. The molecule has 0 aromatic carbocycles. The Hall–Kier alpha value is -0.650. The Kier molecular flexibility index (Phi) is 6.75. The summed E-state index contributed by atoms with van der Waals surface area (Å²) in [6.45, 7) is 7.74. The molecule has 0 amide bonds. The van der Waals surface area contributed by atoms with Crippen molar-refractivity contribution >= 4 is 5.97 Å². The average Bonchev–Trinajstić information content (AvgIpc) is 2.46. The first-order valence-corrected chi connectivity index (χ1v) is 7.16. The molecular weight excluding hydrogens is 244 g/mol. The lowest BCUT2D eigenvalue weighted by Gasteiger charge is -2.36. The fourth-order valence-electron chi connectivity index (χ4n) is 2.55. The normalized spacial score (nSPS) is 23.9. The SMILES string of the molecule is CCC1COCCN1CCCC(C)(NC)C(=O)OC. The molecule has 0 bridgehead atoms. The van der Waals surface area contributed by atoms with Crippen LogP contribution in [0.1, 0.15) is 33.1 Å². The number of hydrogen-bond acceptors (Lipinski definition) is 5. The van der Waals surface area contributed by atoms with E-state index in [1.807, 2.05) is 6.92 Å². The molecule has 0 aromatic heterocycles. The van der Waals surface area contributed by atoms with Crippen molar-refractivity contribution in [2.24, 2.45) is 0 Å². The largest absolute Gasteiger partial charge is 0.468 e. The van der Waals surface area contributed by atoms with E-state index in [2.05, 4.69) is 17.1 Å². The fraction of sp³-hybridized carbons (Fsp3) is 0.929. The van der Waals surface area contributed by atoms with Gasteiger partial charge in [0, 0.05) is 12.6 Å². The van der Waals surface area contributed by atoms with Crippen LogP contribution < -0.4 is 5.32 Å². The zero-order chi connectivity index (χ0) is 14.3. The van der Waals surface area contributed by atoms with Crippen LogP contribution in [0.2, 0.25) is 0 Å². The van der Waals surface area contributed by atoms with E-state index in [4.69, 9.17) is 9.47 Å². The van der Waals surface area contributed by atoms with Crippen LogP contribution in [0.25, 0.3) is 0 Å². The molecule has 5 heteroatoms. The summed E-state index contributed by atoms with van der Waals surface area (Å²) in [5.41, 5.74) is -0.581. The van der Waals surface area contributed by atoms with E-state index in [1.54, 1.807) is 7.05 Å². The second-order valence-corrected chi connectivity index (χ2v) is 5.35.